The lowest BCUT2D eigenvalue weighted by Gasteiger charge is -2.09. The van der Waals surface area contributed by atoms with E-state index >= 15 is 0 Å². The van der Waals surface area contributed by atoms with Gasteiger partial charge in [-0.2, -0.15) is 11.8 Å². The van der Waals surface area contributed by atoms with Crippen molar-refractivity contribution >= 4 is 17.7 Å². The van der Waals surface area contributed by atoms with Crippen molar-refractivity contribution in [1.82, 2.24) is 15.6 Å². The number of hydrogen-bond acceptors (Lipinski definition) is 4. The van der Waals surface area contributed by atoms with Crippen molar-refractivity contribution in [2.24, 2.45) is 4.99 Å². The first kappa shape index (κ1) is 14.9. The maximum absolute atomic E-state index is 5.49. The molecule has 0 bridgehead atoms. The maximum Gasteiger partial charge on any atom is 0.216 e. The van der Waals surface area contributed by atoms with E-state index in [-0.39, 0.29) is 0 Å². The van der Waals surface area contributed by atoms with Gasteiger partial charge in [-0.25, -0.2) is 9.98 Å². The molecule has 0 fully saturated rings. The SMILES string of the molecule is CCNC(=NCc1nc(C)c(C)o1)NCCSC. The molecule has 0 saturated heterocycles. The topological polar surface area (TPSA) is 62.5 Å². The Balaban J connectivity index is 2.53. The normalized spacial score (nSPS) is 11.7. The quantitative estimate of drug-likeness (QED) is 0.468. The molecule has 0 unspecified atom stereocenters. The summed E-state index contributed by atoms with van der Waals surface area (Å²) in [6, 6.07) is 0. The zero-order valence-electron chi connectivity index (χ0n) is 11.5. The van der Waals surface area contributed by atoms with Gasteiger partial charge in [0.2, 0.25) is 5.89 Å². The standard InChI is InChI=1S/C12H22N4OS/c1-5-13-12(14-6-7-18-4)15-8-11-16-9(2)10(3)17-11/h5-8H2,1-4H3,(H2,13,14,15). The zero-order chi connectivity index (χ0) is 13.4. The van der Waals surface area contributed by atoms with Crippen LogP contribution in [0.15, 0.2) is 9.41 Å². The third kappa shape index (κ3) is 5.00. The molecule has 0 atom stereocenters. The van der Waals surface area contributed by atoms with Crippen LogP contribution in [-0.2, 0) is 6.54 Å². The lowest BCUT2D eigenvalue weighted by molar-refractivity contribution is 0.473. The number of hydrogen-bond donors (Lipinski definition) is 2. The fraction of sp³-hybridized carbons (Fsp3) is 0.667. The van der Waals surface area contributed by atoms with Crippen molar-refractivity contribution < 1.29 is 4.42 Å². The summed E-state index contributed by atoms with van der Waals surface area (Å²) in [5.74, 6) is 3.38. The lowest BCUT2D eigenvalue weighted by atomic mass is 10.4. The molecule has 1 aromatic heterocycles. The summed E-state index contributed by atoms with van der Waals surface area (Å²) in [5, 5.41) is 6.46. The predicted molar refractivity (Wildman–Crippen MR) is 77.2 cm³/mol. The van der Waals surface area contributed by atoms with E-state index in [0.717, 1.165) is 36.3 Å². The van der Waals surface area contributed by atoms with E-state index in [1.807, 2.05) is 20.8 Å². The molecule has 18 heavy (non-hydrogen) atoms. The second kappa shape index (κ2) is 8.02. The van der Waals surface area contributed by atoms with Crippen LogP contribution >= 0.6 is 11.8 Å². The summed E-state index contributed by atoms with van der Waals surface area (Å²) in [5.41, 5.74) is 0.931. The maximum atomic E-state index is 5.49. The molecule has 0 aliphatic heterocycles. The Morgan fingerprint density at radius 2 is 2.17 bits per heavy atom. The van der Waals surface area contributed by atoms with Crippen LogP contribution in [0.2, 0.25) is 0 Å². The van der Waals surface area contributed by atoms with Gasteiger partial charge in [-0.15, -0.1) is 0 Å². The predicted octanol–water partition coefficient (Wildman–Crippen LogP) is 1.71. The van der Waals surface area contributed by atoms with E-state index in [1.165, 1.54) is 0 Å². The van der Waals surface area contributed by atoms with E-state index in [1.54, 1.807) is 11.8 Å². The van der Waals surface area contributed by atoms with E-state index in [0.29, 0.717) is 12.4 Å². The van der Waals surface area contributed by atoms with Gasteiger partial charge in [-0.05, 0) is 27.0 Å². The Morgan fingerprint density at radius 3 is 2.72 bits per heavy atom. The number of aliphatic imine (C=N–C) groups is 1. The number of guanidine groups is 1. The molecule has 0 aromatic carbocycles. The van der Waals surface area contributed by atoms with E-state index in [4.69, 9.17) is 4.42 Å². The third-order valence-electron chi connectivity index (χ3n) is 2.39. The highest BCUT2D eigenvalue weighted by molar-refractivity contribution is 7.98. The molecule has 0 aliphatic carbocycles. The van der Waals surface area contributed by atoms with Crippen molar-refractivity contribution in [1.29, 1.82) is 0 Å². The first-order valence-electron chi connectivity index (χ1n) is 6.11. The fourth-order valence-corrected chi connectivity index (χ4v) is 1.67. The largest absolute Gasteiger partial charge is 0.444 e. The second-order valence-corrected chi connectivity index (χ2v) is 4.85. The Labute approximate surface area is 113 Å². The first-order valence-corrected chi connectivity index (χ1v) is 7.50. The van der Waals surface area contributed by atoms with Crippen LogP contribution in [0.4, 0.5) is 0 Å². The average Bonchev–Trinajstić information content (AvgIpc) is 2.66. The van der Waals surface area contributed by atoms with Gasteiger partial charge < -0.3 is 15.1 Å². The molecule has 6 heteroatoms. The molecule has 5 nitrogen and oxygen atoms in total. The van der Waals surface area contributed by atoms with Crippen molar-refractivity contribution in [3.05, 3.63) is 17.3 Å². The highest BCUT2D eigenvalue weighted by atomic mass is 32.2. The number of thioether (sulfide) groups is 1. The smallest absolute Gasteiger partial charge is 0.216 e. The fourth-order valence-electron chi connectivity index (χ4n) is 1.37. The van der Waals surface area contributed by atoms with Crippen molar-refractivity contribution in [3.63, 3.8) is 0 Å². The van der Waals surface area contributed by atoms with Crippen molar-refractivity contribution in [3.8, 4) is 0 Å². The van der Waals surface area contributed by atoms with Crippen molar-refractivity contribution in [2.45, 2.75) is 27.3 Å². The average molecular weight is 270 g/mol. The minimum absolute atomic E-state index is 0.462. The molecule has 0 saturated carbocycles. The zero-order valence-corrected chi connectivity index (χ0v) is 12.4. The molecule has 102 valence electrons. The van der Waals surface area contributed by atoms with Crippen LogP contribution in [0.25, 0.3) is 0 Å². The van der Waals surface area contributed by atoms with E-state index in [9.17, 15) is 0 Å². The highest BCUT2D eigenvalue weighted by Crippen LogP contribution is 2.08. The Bertz CT molecular complexity index is 370. The summed E-state index contributed by atoms with van der Waals surface area (Å²) in [6.45, 7) is 8.10. The third-order valence-corrected chi connectivity index (χ3v) is 3.00. The molecule has 2 N–H and O–H groups in total. The molecule has 0 aliphatic rings. The van der Waals surface area contributed by atoms with Gasteiger partial charge >= 0.3 is 0 Å². The summed E-state index contributed by atoms with van der Waals surface area (Å²) in [4.78, 5) is 8.74. The number of nitrogens with zero attached hydrogens (tertiary/aromatic N) is 2. The Morgan fingerprint density at radius 1 is 1.39 bits per heavy atom. The molecule has 0 spiro atoms. The molecular weight excluding hydrogens is 248 g/mol. The van der Waals surface area contributed by atoms with Gasteiger partial charge in [0.1, 0.15) is 12.3 Å². The van der Waals surface area contributed by atoms with Crippen LogP contribution in [0.1, 0.15) is 24.3 Å². The van der Waals surface area contributed by atoms with Crippen LogP contribution in [0, 0.1) is 13.8 Å². The molecular formula is C12H22N4OS. The number of aromatic nitrogens is 1. The van der Waals surface area contributed by atoms with Gasteiger partial charge in [0.15, 0.2) is 5.96 Å². The number of nitrogens with one attached hydrogen (secondary N) is 2. The number of aryl methyl sites for hydroxylation is 2. The number of rotatable bonds is 6. The Kier molecular flexibility index (Phi) is 6.64. The van der Waals surface area contributed by atoms with Gasteiger partial charge in [0.25, 0.3) is 0 Å². The van der Waals surface area contributed by atoms with E-state index < -0.39 is 0 Å². The van der Waals surface area contributed by atoms with Gasteiger partial charge in [0.05, 0.1) is 5.69 Å². The molecule has 0 radical (unpaired) electrons. The van der Waals surface area contributed by atoms with Crippen LogP contribution in [0.5, 0.6) is 0 Å². The minimum Gasteiger partial charge on any atom is -0.444 e. The van der Waals surface area contributed by atoms with Crippen molar-refractivity contribution in [2.75, 3.05) is 25.1 Å². The van der Waals surface area contributed by atoms with Gasteiger partial charge in [-0.3, -0.25) is 0 Å². The van der Waals surface area contributed by atoms with Crippen LogP contribution in [-0.4, -0.2) is 36.0 Å². The highest BCUT2D eigenvalue weighted by Gasteiger charge is 2.05. The molecule has 1 heterocycles. The summed E-state index contributed by atoms with van der Waals surface area (Å²) < 4.78 is 5.49. The van der Waals surface area contributed by atoms with E-state index in [2.05, 4.69) is 26.9 Å². The second-order valence-electron chi connectivity index (χ2n) is 3.86. The monoisotopic (exact) mass is 270 g/mol. The molecule has 1 aromatic rings. The van der Waals surface area contributed by atoms with Gasteiger partial charge in [0, 0.05) is 18.8 Å². The van der Waals surface area contributed by atoms with Crippen LogP contribution in [0.3, 0.4) is 0 Å². The summed E-state index contributed by atoms with van der Waals surface area (Å²) >= 11 is 1.81. The first-order chi connectivity index (χ1) is 8.67. The molecule has 0 amide bonds. The summed E-state index contributed by atoms with van der Waals surface area (Å²) in [7, 11) is 0. The summed E-state index contributed by atoms with van der Waals surface area (Å²) in [6.07, 6.45) is 2.09. The lowest BCUT2D eigenvalue weighted by Crippen LogP contribution is -2.38. The van der Waals surface area contributed by atoms with Gasteiger partial charge in [-0.1, -0.05) is 0 Å². The number of oxazole rings is 1. The Hall–Kier alpha value is -1.17. The van der Waals surface area contributed by atoms with Crippen LogP contribution < -0.4 is 10.6 Å². The minimum atomic E-state index is 0.462. The molecule has 1 rings (SSSR count).